The summed E-state index contributed by atoms with van der Waals surface area (Å²) in [6.45, 7) is 3.71. The van der Waals surface area contributed by atoms with E-state index in [9.17, 15) is 12.8 Å². The Labute approximate surface area is 123 Å². The van der Waals surface area contributed by atoms with Crippen molar-refractivity contribution in [2.45, 2.75) is 31.1 Å². The van der Waals surface area contributed by atoms with Crippen molar-refractivity contribution >= 4 is 10.0 Å². The smallest absolute Gasteiger partial charge is 0.214 e. The van der Waals surface area contributed by atoms with Crippen LogP contribution >= 0.6 is 0 Å². The summed E-state index contributed by atoms with van der Waals surface area (Å²) >= 11 is 0. The van der Waals surface area contributed by atoms with Crippen LogP contribution in [0.1, 0.15) is 30.9 Å². The third kappa shape index (κ3) is 3.40. The third-order valence-corrected chi connectivity index (χ3v) is 5.42. The molecular formula is C14H17FN2O3S. The summed E-state index contributed by atoms with van der Waals surface area (Å²) in [5.74, 6) is -0.790. The van der Waals surface area contributed by atoms with Gasteiger partial charge in [0.15, 0.2) is 0 Å². The fourth-order valence-electron chi connectivity index (χ4n) is 2.27. The predicted molar refractivity (Wildman–Crippen MR) is 75.7 cm³/mol. The zero-order valence-corrected chi connectivity index (χ0v) is 12.7. The summed E-state index contributed by atoms with van der Waals surface area (Å²) < 4.78 is 45.1. The Morgan fingerprint density at radius 2 is 2.14 bits per heavy atom. The monoisotopic (exact) mass is 312 g/mol. The van der Waals surface area contributed by atoms with Crippen LogP contribution in [0, 0.1) is 17.1 Å². The summed E-state index contributed by atoms with van der Waals surface area (Å²) in [5.41, 5.74) is 0.812. The van der Waals surface area contributed by atoms with Gasteiger partial charge in [-0.2, -0.15) is 5.26 Å². The molecule has 2 atom stereocenters. The second-order valence-electron chi connectivity index (χ2n) is 5.31. The maximum Gasteiger partial charge on any atom is 0.214 e. The number of nitrogens with zero attached hydrogens (tertiary/aromatic N) is 1. The largest absolute Gasteiger partial charge is 0.379 e. The molecule has 0 aliphatic carbocycles. The second-order valence-corrected chi connectivity index (χ2v) is 7.57. The zero-order valence-electron chi connectivity index (χ0n) is 11.8. The first-order valence-electron chi connectivity index (χ1n) is 6.63. The van der Waals surface area contributed by atoms with Gasteiger partial charge in [-0.05, 0) is 31.5 Å². The Hall–Kier alpha value is -1.49. The number of ether oxygens (including phenoxy) is 1. The Kier molecular flexibility index (Phi) is 4.61. The number of rotatable bonds is 4. The minimum absolute atomic E-state index is 0.208. The number of nitrogens with one attached hydrogen (secondary N) is 1. The molecular weight excluding hydrogens is 295 g/mol. The maximum atomic E-state index is 13.2. The molecule has 114 valence electrons. The lowest BCUT2D eigenvalue weighted by molar-refractivity contribution is 0.189. The highest BCUT2D eigenvalue weighted by atomic mass is 32.2. The van der Waals surface area contributed by atoms with Crippen LogP contribution in [0.3, 0.4) is 0 Å². The van der Waals surface area contributed by atoms with Crippen molar-refractivity contribution in [1.82, 2.24) is 4.72 Å². The van der Waals surface area contributed by atoms with Gasteiger partial charge in [0, 0.05) is 5.92 Å². The fraction of sp³-hybridized carbons (Fsp3) is 0.500. The van der Waals surface area contributed by atoms with Crippen molar-refractivity contribution in [2.24, 2.45) is 0 Å². The highest BCUT2D eigenvalue weighted by Crippen LogP contribution is 2.29. The van der Waals surface area contributed by atoms with Crippen molar-refractivity contribution < 1.29 is 17.5 Å². The molecule has 1 heterocycles. The van der Waals surface area contributed by atoms with E-state index in [-0.39, 0.29) is 18.1 Å². The molecule has 5 nitrogen and oxygen atoms in total. The number of halogens is 1. The lowest BCUT2D eigenvalue weighted by Gasteiger charge is -2.21. The number of nitriles is 1. The highest BCUT2D eigenvalue weighted by Gasteiger charge is 2.34. The van der Waals surface area contributed by atoms with Gasteiger partial charge in [0.1, 0.15) is 5.82 Å². The summed E-state index contributed by atoms with van der Waals surface area (Å²) in [6, 6.07) is 5.44. The summed E-state index contributed by atoms with van der Waals surface area (Å²) in [4.78, 5) is 0. The topological polar surface area (TPSA) is 79.2 Å². The van der Waals surface area contributed by atoms with E-state index in [0.717, 1.165) is 6.07 Å². The van der Waals surface area contributed by atoms with Crippen molar-refractivity contribution in [3.8, 4) is 6.07 Å². The molecule has 1 saturated heterocycles. The van der Waals surface area contributed by atoms with Crippen LogP contribution in [0.25, 0.3) is 0 Å². The fourth-order valence-corrected chi connectivity index (χ4v) is 3.20. The normalized spacial score (nSPS) is 22.4. The Bertz CT molecular complexity index is 667. The summed E-state index contributed by atoms with van der Waals surface area (Å²) in [6.07, 6.45) is 0. The van der Waals surface area contributed by atoms with Crippen molar-refractivity contribution in [3.05, 3.63) is 35.1 Å². The van der Waals surface area contributed by atoms with Gasteiger partial charge in [-0.25, -0.2) is 17.5 Å². The molecule has 7 heteroatoms. The van der Waals surface area contributed by atoms with Gasteiger partial charge in [0.05, 0.1) is 36.1 Å². The zero-order chi connectivity index (χ0) is 15.6. The highest BCUT2D eigenvalue weighted by molar-refractivity contribution is 7.90. The van der Waals surface area contributed by atoms with Gasteiger partial charge in [-0.1, -0.05) is 6.07 Å². The van der Waals surface area contributed by atoms with Gasteiger partial charge >= 0.3 is 0 Å². The van der Waals surface area contributed by atoms with Gasteiger partial charge in [0.2, 0.25) is 10.0 Å². The maximum absolute atomic E-state index is 13.2. The van der Waals surface area contributed by atoms with E-state index in [4.69, 9.17) is 10.00 Å². The van der Waals surface area contributed by atoms with Gasteiger partial charge in [-0.3, -0.25) is 0 Å². The standard InChI is InChI=1S/C14H17FN2O3S/c1-9(2)21(18,19)17-14-8-20-7-13(14)12-4-3-11(15)5-10(12)6-16/h3-5,9,13-14,17H,7-8H2,1-2H3/t13-,14+/m0/s1. The lowest BCUT2D eigenvalue weighted by Crippen LogP contribution is -2.42. The molecule has 0 bridgehead atoms. The molecule has 1 aliphatic rings. The van der Waals surface area contributed by atoms with Crippen molar-refractivity contribution in [3.63, 3.8) is 0 Å². The Balaban J connectivity index is 2.30. The number of hydrogen-bond acceptors (Lipinski definition) is 4. The molecule has 2 rings (SSSR count). The first kappa shape index (κ1) is 15.9. The quantitative estimate of drug-likeness (QED) is 0.914. The van der Waals surface area contributed by atoms with Crippen LogP contribution in [0.15, 0.2) is 18.2 Å². The van der Waals surface area contributed by atoms with E-state index in [1.807, 2.05) is 6.07 Å². The van der Waals surface area contributed by atoms with E-state index in [0.29, 0.717) is 12.2 Å². The van der Waals surface area contributed by atoms with Gasteiger partial charge in [-0.15, -0.1) is 0 Å². The minimum Gasteiger partial charge on any atom is -0.379 e. The van der Waals surface area contributed by atoms with Crippen LogP contribution in [0.2, 0.25) is 0 Å². The second kappa shape index (κ2) is 6.10. The van der Waals surface area contributed by atoms with E-state index >= 15 is 0 Å². The number of benzene rings is 1. The van der Waals surface area contributed by atoms with Crippen molar-refractivity contribution in [2.75, 3.05) is 13.2 Å². The minimum atomic E-state index is -3.44. The number of sulfonamides is 1. The SMILES string of the molecule is CC(C)S(=O)(=O)N[C@@H]1COC[C@H]1c1ccc(F)cc1C#N. The molecule has 0 aromatic heterocycles. The molecule has 0 unspecified atom stereocenters. The van der Waals surface area contributed by atoms with E-state index in [2.05, 4.69) is 4.72 Å². The molecule has 1 fully saturated rings. The Morgan fingerprint density at radius 1 is 1.43 bits per heavy atom. The molecule has 0 saturated carbocycles. The third-order valence-electron chi connectivity index (χ3n) is 3.55. The van der Waals surface area contributed by atoms with Gasteiger partial charge in [0.25, 0.3) is 0 Å². The number of hydrogen-bond donors (Lipinski definition) is 1. The van der Waals surface area contributed by atoms with Crippen LogP contribution in [-0.4, -0.2) is 32.9 Å². The Morgan fingerprint density at radius 3 is 2.76 bits per heavy atom. The predicted octanol–water partition coefficient (Wildman–Crippen LogP) is 1.51. The van der Waals surface area contributed by atoms with Crippen molar-refractivity contribution in [1.29, 1.82) is 5.26 Å². The molecule has 0 radical (unpaired) electrons. The summed E-state index contributed by atoms with van der Waals surface area (Å²) in [5, 5.41) is 8.56. The lowest BCUT2D eigenvalue weighted by atomic mass is 9.91. The molecule has 0 amide bonds. The van der Waals surface area contributed by atoms with E-state index in [1.54, 1.807) is 13.8 Å². The first-order chi connectivity index (χ1) is 9.85. The molecule has 0 spiro atoms. The van der Waals surface area contributed by atoms with E-state index in [1.165, 1.54) is 12.1 Å². The van der Waals surface area contributed by atoms with Crippen LogP contribution in [-0.2, 0) is 14.8 Å². The molecule has 21 heavy (non-hydrogen) atoms. The average molecular weight is 312 g/mol. The van der Waals surface area contributed by atoms with Gasteiger partial charge < -0.3 is 4.74 Å². The summed E-state index contributed by atoms with van der Waals surface area (Å²) in [7, 11) is -3.44. The van der Waals surface area contributed by atoms with Crippen LogP contribution in [0.4, 0.5) is 4.39 Å². The molecule has 1 N–H and O–H groups in total. The van der Waals surface area contributed by atoms with E-state index < -0.39 is 27.1 Å². The van der Waals surface area contributed by atoms with Crippen LogP contribution < -0.4 is 4.72 Å². The molecule has 1 aliphatic heterocycles. The first-order valence-corrected chi connectivity index (χ1v) is 8.18. The average Bonchev–Trinajstić information content (AvgIpc) is 2.85. The molecule has 1 aromatic rings. The van der Waals surface area contributed by atoms with Crippen LogP contribution in [0.5, 0.6) is 0 Å². The molecule has 1 aromatic carbocycles.